The van der Waals surface area contributed by atoms with Gasteiger partial charge in [-0.15, -0.1) is 0 Å². The van der Waals surface area contributed by atoms with Gasteiger partial charge in [-0.2, -0.15) is 0 Å². The Balaban J connectivity index is 1.53. The van der Waals surface area contributed by atoms with Crippen LogP contribution >= 0.6 is 0 Å². The third-order valence-electron chi connectivity index (χ3n) is 8.39. The van der Waals surface area contributed by atoms with E-state index in [-0.39, 0.29) is 25.6 Å². The Kier molecular flexibility index (Phi) is 6.86. The van der Waals surface area contributed by atoms with Gasteiger partial charge in [0, 0.05) is 6.54 Å². The Bertz CT molecular complexity index is 1140. The number of rotatable bonds is 8. The van der Waals surface area contributed by atoms with Crippen LogP contribution in [0.25, 0.3) is 0 Å². The lowest BCUT2D eigenvalue weighted by Gasteiger charge is -2.39. The number of benzene rings is 1. The van der Waals surface area contributed by atoms with Gasteiger partial charge in [0.15, 0.2) is 23.2 Å². The Morgan fingerprint density at radius 2 is 1.87 bits per heavy atom. The van der Waals surface area contributed by atoms with Crippen LogP contribution in [0.15, 0.2) is 24.0 Å². The van der Waals surface area contributed by atoms with Crippen LogP contribution in [0.5, 0.6) is 11.5 Å². The topological polar surface area (TPSA) is 124 Å². The van der Waals surface area contributed by atoms with Crippen molar-refractivity contribution in [3.8, 4) is 11.5 Å². The number of methoxy groups -OCH3 is 2. The molecule has 5 rings (SSSR count). The summed E-state index contributed by atoms with van der Waals surface area (Å²) in [6, 6.07) is 3.99. The molecule has 0 bridgehead atoms. The molecule has 1 saturated heterocycles. The van der Waals surface area contributed by atoms with Crippen LogP contribution in [0.3, 0.4) is 0 Å². The molecule has 2 N–H and O–H groups in total. The highest BCUT2D eigenvalue weighted by molar-refractivity contribution is 5.86. The molecule has 1 aromatic rings. The summed E-state index contributed by atoms with van der Waals surface area (Å²) in [5.41, 5.74) is -1.69. The minimum absolute atomic E-state index is 0.0701. The number of hydrogen-bond donors (Lipinski definition) is 2. The summed E-state index contributed by atoms with van der Waals surface area (Å²) in [4.78, 5) is 28.3. The highest BCUT2D eigenvalue weighted by Crippen LogP contribution is 2.55. The van der Waals surface area contributed by atoms with Crippen molar-refractivity contribution in [1.82, 2.24) is 4.90 Å². The summed E-state index contributed by atoms with van der Waals surface area (Å²) in [7, 11) is 2.74. The van der Waals surface area contributed by atoms with Gasteiger partial charge in [-0.25, -0.2) is 4.79 Å². The number of carbonyl (C=O) groups is 2. The zero-order valence-corrected chi connectivity index (χ0v) is 22.5. The molecule has 4 atom stereocenters. The summed E-state index contributed by atoms with van der Waals surface area (Å²) in [6.45, 7) is 5.04. The highest BCUT2D eigenvalue weighted by Gasteiger charge is 2.59. The van der Waals surface area contributed by atoms with Gasteiger partial charge in [-0.05, 0) is 81.8 Å². The molecule has 3 heterocycles. The normalized spacial score (nSPS) is 27.4. The number of hydrogen-bond acceptors (Lipinski definition) is 10. The monoisotopic (exact) mass is 531 g/mol. The fraction of sp³-hybridized carbons (Fsp3) is 0.643. The molecule has 3 aliphatic heterocycles. The van der Waals surface area contributed by atoms with E-state index in [1.54, 1.807) is 21.0 Å². The van der Waals surface area contributed by atoms with Crippen molar-refractivity contribution in [2.24, 2.45) is 0 Å². The molecule has 10 nitrogen and oxygen atoms in total. The number of ether oxygens (including phenoxy) is 5. The second kappa shape index (κ2) is 9.73. The van der Waals surface area contributed by atoms with E-state index >= 15 is 0 Å². The number of nitrogens with zero attached hydrogens (tertiary/aromatic N) is 1. The van der Waals surface area contributed by atoms with Crippen LogP contribution in [-0.2, 0) is 30.2 Å². The lowest BCUT2D eigenvalue weighted by Crippen LogP contribution is -2.49. The van der Waals surface area contributed by atoms with Crippen LogP contribution in [0.1, 0.15) is 63.0 Å². The third-order valence-corrected chi connectivity index (χ3v) is 8.39. The molecular formula is C28H37NO9. The summed E-state index contributed by atoms with van der Waals surface area (Å²) in [6.07, 6.45) is 3.18. The molecule has 1 aromatic carbocycles. The molecule has 208 valence electrons. The van der Waals surface area contributed by atoms with E-state index in [1.807, 2.05) is 12.1 Å². The lowest BCUT2D eigenvalue weighted by molar-refractivity contribution is -0.179. The summed E-state index contributed by atoms with van der Waals surface area (Å²) >= 11 is 0. The molecule has 10 heteroatoms. The molecule has 1 spiro atoms. The van der Waals surface area contributed by atoms with E-state index in [2.05, 4.69) is 11.0 Å². The molecule has 1 fully saturated rings. The van der Waals surface area contributed by atoms with Gasteiger partial charge >= 0.3 is 11.9 Å². The predicted molar refractivity (Wildman–Crippen MR) is 135 cm³/mol. The minimum atomic E-state index is -2.18. The van der Waals surface area contributed by atoms with Crippen molar-refractivity contribution in [3.63, 3.8) is 0 Å². The number of fused-ring (bicyclic) bond motifs is 3. The van der Waals surface area contributed by atoms with Crippen LogP contribution in [0.4, 0.5) is 0 Å². The largest absolute Gasteiger partial charge is 0.497 e. The van der Waals surface area contributed by atoms with Gasteiger partial charge < -0.3 is 33.9 Å². The van der Waals surface area contributed by atoms with Crippen LogP contribution in [-0.4, -0.2) is 84.0 Å². The fourth-order valence-electron chi connectivity index (χ4n) is 6.41. The van der Waals surface area contributed by atoms with E-state index in [1.165, 1.54) is 7.11 Å². The highest BCUT2D eigenvalue weighted by atomic mass is 16.7. The number of esters is 2. The van der Waals surface area contributed by atoms with E-state index < -0.39 is 41.2 Å². The standard InChI is InChI=1S/C28H37NO9/c1-26(2,32)8-9-28(33,15-22(30)35-4)25(31)38-24-21(34-3)14-27-7-5-10-29(27)11-6-17-12-19-20(37-16-36-19)13-18(17)23(24)27/h12-14,23-24,32-33H,5-11,15-16H2,1-4H3/t23?,24-,27-,28?/m0/s1. The average Bonchev–Trinajstić information content (AvgIpc) is 3.56. The second-order valence-electron chi connectivity index (χ2n) is 11.4. The van der Waals surface area contributed by atoms with Crippen molar-refractivity contribution < 1.29 is 43.5 Å². The van der Waals surface area contributed by atoms with Crippen molar-refractivity contribution in [3.05, 3.63) is 35.1 Å². The average molecular weight is 532 g/mol. The van der Waals surface area contributed by atoms with E-state index in [0.29, 0.717) is 17.3 Å². The van der Waals surface area contributed by atoms with Crippen LogP contribution in [0.2, 0.25) is 0 Å². The number of aliphatic hydroxyl groups is 2. The lowest BCUT2D eigenvalue weighted by atomic mass is 9.77. The SMILES string of the molecule is COC(=O)CC(O)(CCC(C)(C)O)C(=O)O[C@H]1C(OC)=C[C@]23CCCN2CCc2cc4c(cc2C13)OCO4. The zero-order valence-electron chi connectivity index (χ0n) is 22.5. The van der Waals surface area contributed by atoms with E-state index in [0.717, 1.165) is 43.5 Å². The van der Waals surface area contributed by atoms with Crippen molar-refractivity contribution in [2.75, 3.05) is 34.1 Å². The number of carbonyl (C=O) groups excluding carboxylic acids is 2. The van der Waals surface area contributed by atoms with Crippen LogP contribution < -0.4 is 9.47 Å². The fourth-order valence-corrected chi connectivity index (χ4v) is 6.41. The Hall–Kier alpha value is -2.82. The predicted octanol–water partition coefficient (Wildman–Crippen LogP) is 2.19. The van der Waals surface area contributed by atoms with Gasteiger partial charge in [0.05, 0.1) is 37.7 Å². The van der Waals surface area contributed by atoms with Crippen molar-refractivity contribution >= 4 is 11.9 Å². The first kappa shape index (κ1) is 26.8. The Morgan fingerprint density at radius 3 is 2.55 bits per heavy atom. The van der Waals surface area contributed by atoms with Gasteiger partial charge in [-0.1, -0.05) is 0 Å². The first-order valence-corrected chi connectivity index (χ1v) is 13.2. The molecule has 0 amide bonds. The maximum atomic E-state index is 13.7. The Labute approximate surface area is 222 Å². The summed E-state index contributed by atoms with van der Waals surface area (Å²) in [5.74, 6) is -0.163. The molecule has 1 aliphatic carbocycles. The smallest absolute Gasteiger partial charge is 0.339 e. The van der Waals surface area contributed by atoms with Gasteiger partial charge in [0.2, 0.25) is 6.79 Å². The Morgan fingerprint density at radius 1 is 1.13 bits per heavy atom. The van der Waals surface area contributed by atoms with E-state index in [4.69, 9.17) is 23.7 Å². The van der Waals surface area contributed by atoms with Crippen molar-refractivity contribution in [1.29, 1.82) is 0 Å². The third kappa shape index (κ3) is 4.63. The minimum Gasteiger partial charge on any atom is -0.497 e. The first-order chi connectivity index (χ1) is 18.0. The zero-order chi connectivity index (χ0) is 27.3. The van der Waals surface area contributed by atoms with Gasteiger partial charge in [0.25, 0.3) is 0 Å². The molecule has 0 radical (unpaired) electrons. The molecular weight excluding hydrogens is 494 g/mol. The maximum absolute atomic E-state index is 13.7. The quantitative estimate of drug-likeness (QED) is 0.483. The molecule has 0 saturated carbocycles. The second-order valence-corrected chi connectivity index (χ2v) is 11.4. The van der Waals surface area contributed by atoms with Gasteiger partial charge in [0.1, 0.15) is 5.76 Å². The summed E-state index contributed by atoms with van der Waals surface area (Å²) in [5, 5.41) is 21.7. The van der Waals surface area contributed by atoms with E-state index in [9.17, 15) is 19.8 Å². The van der Waals surface area contributed by atoms with Crippen molar-refractivity contribution in [2.45, 2.75) is 81.1 Å². The van der Waals surface area contributed by atoms with Crippen LogP contribution in [0, 0.1) is 0 Å². The molecule has 4 aliphatic rings. The van der Waals surface area contributed by atoms with Gasteiger partial charge in [-0.3, -0.25) is 9.69 Å². The molecule has 38 heavy (non-hydrogen) atoms. The molecule has 0 aromatic heterocycles. The first-order valence-electron chi connectivity index (χ1n) is 13.2. The maximum Gasteiger partial charge on any atom is 0.339 e. The molecule has 2 unspecified atom stereocenters. The summed E-state index contributed by atoms with van der Waals surface area (Å²) < 4.78 is 28.0.